The molecule has 0 heterocycles. The van der Waals surface area contributed by atoms with Gasteiger partial charge in [0.25, 0.3) is 5.91 Å². The molecule has 0 atom stereocenters. The van der Waals surface area contributed by atoms with Gasteiger partial charge in [0.05, 0.1) is 6.10 Å². The van der Waals surface area contributed by atoms with Gasteiger partial charge in [-0.25, -0.2) is 9.59 Å². The number of carbonyl (C=O) groups excluding carboxylic acids is 3. The fraction of sp³-hybridized carbons (Fsp3) is 0.200. The predicted octanol–water partition coefficient (Wildman–Crippen LogP) is 2.61. The third-order valence-corrected chi connectivity index (χ3v) is 3.73. The van der Waals surface area contributed by atoms with Crippen LogP contribution < -0.4 is 21.1 Å². The van der Waals surface area contributed by atoms with Crippen molar-refractivity contribution in [1.29, 1.82) is 0 Å². The van der Waals surface area contributed by atoms with E-state index in [0.717, 1.165) is 0 Å². The minimum atomic E-state index is -0.692. The summed E-state index contributed by atoms with van der Waals surface area (Å²) in [7, 11) is 0. The number of hydrogen-bond acceptors (Lipinski definition) is 6. The monoisotopic (exact) mass is 415 g/mol. The van der Waals surface area contributed by atoms with Gasteiger partial charge in [0.1, 0.15) is 10.7 Å². The van der Waals surface area contributed by atoms with Crippen molar-refractivity contribution in [3.8, 4) is 5.75 Å². The van der Waals surface area contributed by atoms with Gasteiger partial charge < -0.3 is 20.5 Å². The fourth-order valence-electron chi connectivity index (χ4n) is 2.20. The Labute approximate surface area is 173 Å². The number of thiocarbonyl (C=S) groups is 1. The lowest BCUT2D eigenvalue weighted by molar-refractivity contribution is -0.149. The molecule has 152 valence electrons. The summed E-state index contributed by atoms with van der Waals surface area (Å²) in [6.45, 7) is 3.28. The van der Waals surface area contributed by atoms with E-state index in [2.05, 4.69) is 10.6 Å². The molecule has 3 amide bonds. The van der Waals surface area contributed by atoms with Crippen LogP contribution in [0.1, 0.15) is 29.8 Å². The summed E-state index contributed by atoms with van der Waals surface area (Å²) in [5.74, 6) is -0.604. The maximum atomic E-state index is 12.1. The molecule has 0 aliphatic rings. The second-order valence-corrected chi connectivity index (χ2v) is 6.64. The van der Waals surface area contributed by atoms with Crippen molar-refractivity contribution in [3.63, 3.8) is 0 Å². The summed E-state index contributed by atoms with van der Waals surface area (Å²) >= 11 is 4.85. The quantitative estimate of drug-likeness (QED) is 0.470. The van der Waals surface area contributed by atoms with Crippen LogP contribution in [0.3, 0.4) is 0 Å². The lowest BCUT2D eigenvalue weighted by atomic mass is 10.1. The van der Waals surface area contributed by atoms with Crippen molar-refractivity contribution in [1.82, 2.24) is 5.32 Å². The van der Waals surface area contributed by atoms with Crippen molar-refractivity contribution < 1.29 is 23.9 Å². The number of urea groups is 1. The van der Waals surface area contributed by atoms with Crippen molar-refractivity contribution in [2.75, 3.05) is 11.9 Å². The van der Waals surface area contributed by atoms with E-state index >= 15 is 0 Å². The Bertz CT molecular complexity index is 895. The van der Waals surface area contributed by atoms with Crippen LogP contribution in [0.4, 0.5) is 10.5 Å². The lowest BCUT2D eigenvalue weighted by Crippen LogP contribution is -2.34. The highest BCUT2D eigenvalue weighted by Gasteiger charge is 2.11. The van der Waals surface area contributed by atoms with E-state index in [-0.39, 0.29) is 23.3 Å². The number of benzene rings is 2. The number of ether oxygens (including phenoxy) is 2. The molecule has 4 N–H and O–H groups in total. The fourth-order valence-corrected chi connectivity index (χ4v) is 2.33. The molecule has 8 nitrogen and oxygen atoms in total. The normalized spacial score (nSPS) is 10.2. The number of nitrogens with two attached hydrogens (primary N) is 1. The summed E-state index contributed by atoms with van der Waals surface area (Å²) in [5, 5.41) is 4.75. The van der Waals surface area contributed by atoms with Gasteiger partial charge in [0.15, 0.2) is 6.61 Å². The maximum Gasteiger partial charge on any atom is 0.344 e. The number of imide groups is 1. The Morgan fingerprint density at radius 1 is 1.00 bits per heavy atom. The predicted molar refractivity (Wildman–Crippen MR) is 112 cm³/mol. The standard InChI is InChI=1S/C20H21N3O5S/c1-12(2)28-17(24)11-27-16-9-7-15(8-10-16)22-20(26)23-19(25)14-5-3-13(4-6-14)18(21)29/h3-10,12H,11H2,1-2H3,(H2,21,29)(H2,22,23,25,26). The number of amides is 3. The molecule has 0 fully saturated rings. The van der Waals surface area contributed by atoms with Gasteiger partial charge in [-0.2, -0.15) is 0 Å². The molecule has 9 heteroatoms. The zero-order valence-corrected chi connectivity index (χ0v) is 16.7. The summed E-state index contributed by atoms with van der Waals surface area (Å²) < 4.78 is 10.3. The molecular weight excluding hydrogens is 394 g/mol. The highest BCUT2D eigenvalue weighted by Crippen LogP contribution is 2.16. The Balaban J connectivity index is 1.84. The first kappa shape index (κ1) is 21.8. The summed E-state index contributed by atoms with van der Waals surface area (Å²) in [4.78, 5) is 35.8. The van der Waals surface area contributed by atoms with E-state index in [1.54, 1.807) is 50.2 Å². The number of anilines is 1. The smallest absolute Gasteiger partial charge is 0.344 e. The van der Waals surface area contributed by atoms with E-state index in [1.807, 2.05) is 0 Å². The van der Waals surface area contributed by atoms with Crippen LogP contribution in [0, 0.1) is 0 Å². The molecule has 2 rings (SSSR count). The molecule has 2 aromatic rings. The Morgan fingerprint density at radius 2 is 1.59 bits per heavy atom. The number of rotatable bonds is 7. The highest BCUT2D eigenvalue weighted by molar-refractivity contribution is 7.80. The van der Waals surface area contributed by atoms with Gasteiger partial charge >= 0.3 is 12.0 Å². The van der Waals surface area contributed by atoms with Gasteiger partial charge in [0, 0.05) is 16.8 Å². The average Bonchev–Trinajstić information content (AvgIpc) is 2.67. The summed E-state index contributed by atoms with van der Waals surface area (Å²) in [6.07, 6.45) is -0.213. The SMILES string of the molecule is CC(C)OC(=O)COc1ccc(NC(=O)NC(=O)c2ccc(C(N)=S)cc2)cc1. The number of carbonyl (C=O) groups is 3. The first-order chi connectivity index (χ1) is 13.7. The molecule has 29 heavy (non-hydrogen) atoms. The van der Waals surface area contributed by atoms with Crippen LogP contribution in [-0.2, 0) is 9.53 Å². The van der Waals surface area contributed by atoms with Crippen molar-refractivity contribution in [2.45, 2.75) is 20.0 Å². The van der Waals surface area contributed by atoms with Crippen LogP contribution in [0.5, 0.6) is 5.75 Å². The first-order valence-corrected chi connectivity index (χ1v) is 9.10. The molecule has 0 spiro atoms. The van der Waals surface area contributed by atoms with Gasteiger partial charge in [0.2, 0.25) is 0 Å². The number of nitrogens with one attached hydrogen (secondary N) is 2. The van der Waals surface area contributed by atoms with Gasteiger partial charge in [-0.3, -0.25) is 10.1 Å². The van der Waals surface area contributed by atoms with Crippen LogP contribution in [0.2, 0.25) is 0 Å². The minimum Gasteiger partial charge on any atom is -0.482 e. The summed E-state index contributed by atoms with van der Waals surface area (Å²) in [6, 6.07) is 11.9. The highest BCUT2D eigenvalue weighted by atomic mass is 32.1. The van der Waals surface area contributed by atoms with Gasteiger partial charge in [-0.15, -0.1) is 0 Å². The average molecular weight is 415 g/mol. The first-order valence-electron chi connectivity index (χ1n) is 8.69. The van der Waals surface area contributed by atoms with Crippen LogP contribution in [0.25, 0.3) is 0 Å². The third-order valence-electron chi connectivity index (χ3n) is 3.49. The molecule has 0 radical (unpaired) electrons. The largest absolute Gasteiger partial charge is 0.482 e. The zero-order chi connectivity index (χ0) is 21.4. The van der Waals surface area contributed by atoms with E-state index in [9.17, 15) is 14.4 Å². The molecule has 0 aliphatic heterocycles. The molecular formula is C20H21N3O5S. The molecule has 0 unspecified atom stereocenters. The van der Waals surface area contributed by atoms with Crippen molar-refractivity contribution in [3.05, 3.63) is 59.7 Å². The zero-order valence-electron chi connectivity index (χ0n) is 15.9. The van der Waals surface area contributed by atoms with Crippen molar-refractivity contribution >= 4 is 40.8 Å². The third kappa shape index (κ3) is 7.23. The Morgan fingerprint density at radius 3 is 2.14 bits per heavy atom. The molecule has 0 bridgehead atoms. The van der Waals surface area contributed by atoms with Crippen LogP contribution in [0.15, 0.2) is 48.5 Å². The lowest BCUT2D eigenvalue weighted by Gasteiger charge is -2.10. The second kappa shape index (κ2) is 10.2. The Hall–Kier alpha value is -3.46. The van der Waals surface area contributed by atoms with Crippen molar-refractivity contribution in [2.24, 2.45) is 5.73 Å². The molecule has 2 aromatic carbocycles. The Kier molecular flexibility index (Phi) is 7.67. The van der Waals surface area contributed by atoms with E-state index in [0.29, 0.717) is 17.0 Å². The second-order valence-electron chi connectivity index (χ2n) is 6.20. The minimum absolute atomic E-state index is 0.213. The van der Waals surface area contributed by atoms with Crippen LogP contribution >= 0.6 is 12.2 Å². The van der Waals surface area contributed by atoms with Gasteiger partial charge in [-0.1, -0.05) is 24.4 Å². The van der Waals surface area contributed by atoms with E-state index in [4.69, 9.17) is 27.4 Å². The number of hydrogen-bond donors (Lipinski definition) is 3. The maximum absolute atomic E-state index is 12.1. The molecule has 0 aliphatic carbocycles. The molecule has 0 saturated carbocycles. The topological polar surface area (TPSA) is 120 Å². The molecule has 0 aromatic heterocycles. The molecule has 0 saturated heterocycles. The summed E-state index contributed by atoms with van der Waals surface area (Å²) in [5.41, 5.74) is 6.86. The van der Waals surface area contributed by atoms with E-state index in [1.165, 1.54) is 12.1 Å². The number of esters is 1. The van der Waals surface area contributed by atoms with E-state index < -0.39 is 17.9 Å². The van der Waals surface area contributed by atoms with Gasteiger partial charge in [-0.05, 0) is 50.2 Å². The van der Waals surface area contributed by atoms with Crippen LogP contribution in [-0.4, -0.2) is 35.6 Å².